The molecule has 0 aromatic heterocycles. The number of halogens is 1. The van der Waals surface area contributed by atoms with Crippen molar-refractivity contribution in [1.82, 2.24) is 0 Å². The topological polar surface area (TPSA) is 43.1 Å². The molecule has 0 radical (unpaired) electrons. The maximum Gasteiger partial charge on any atom is 0.277 e. The van der Waals surface area contributed by atoms with Gasteiger partial charge in [-0.05, 0) is 29.3 Å². The molecule has 0 N–H and O–H groups in total. The second-order valence-electron chi connectivity index (χ2n) is 4.83. The zero-order valence-electron chi connectivity index (χ0n) is 11.6. The van der Waals surface area contributed by atoms with Crippen molar-refractivity contribution in [2.75, 3.05) is 0 Å². The average molecular weight is 310 g/mol. The van der Waals surface area contributed by atoms with Gasteiger partial charge in [-0.1, -0.05) is 60.1 Å². The number of hydrogen-bond acceptors (Lipinski definition) is 2. The Kier molecular flexibility index (Phi) is 3.90. The number of hydrogen-bond donors (Lipinski definition) is 0. The lowest BCUT2D eigenvalue weighted by Gasteiger charge is -2.09. The number of nitro groups is 1. The summed E-state index contributed by atoms with van der Waals surface area (Å²) in [6.07, 6.45) is 0. The van der Waals surface area contributed by atoms with Crippen molar-refractivity contribution in [1.29, 1.82) is 0 Å². The van der Waals surface area contributed by atoms with Crippen LogP contribution < -0.4 is 0 Å². The van der Waals surface area contributed by atoms with E-state index in [4.69, 9.17) is 11.6 Å². The second-order valence-corrected chi connectivity index (χ2v) is 5.24. The van der Waals surface area contributed by atoms with Gasteiger partial charge < -0.3 is 0 Å². The van der Waals surface area contributed by atoms with Crippen LogP contribution in [0.1, 0.15) is 0 Å². The number of nitrogens with zero attached hydrogens (tertiary/aromatic N) is 1. The Morgan fingerprint density at radius 1 is 0.773 bits per heavy atom. The van der Waals surface area contributed by atoms with Crippen LogP contribution in [0.5, 0.6) is 0 Å². The lowest BCUT2D eigenvalue weighted by atomic mass is 9.98. The van der Waals surface area contributed by atoms with Crippen LogP contribution in [0.3, 0.4) is 0 Å². The highest BCUT2D eigenvalue weighted by Gasteiger charge is 2.17. The molecule has 3 aromatic carbocycles. The molecule has 0 aliphatic heterocycles. The Morgan fingerprint density at radius 2 is 1.45 bits per heavy atom. The van der Waals surface area contributed by atoms with E-state index in [9.17, 15) is 10.1 Å². The van der Waals surface area contributed by atoms with Gasteiger partial charge in [-0.15, -0.1) is 0 Å². The molecular weight excluding hydrogens is 298 g/mol. The minimum absolute atomic E-state index is 0.0506. The molecule has 4 heteroatoms. The van der Waals surface area contributed by atoms with Crippen LogP contribution in [0.15, 0.2) is 72.8 Å². The summed E-state index contributed by atoms with van der Waals surface area (Å²) in [7, 11) is 0. The molecule has 0 atom stereocenters. The monoisotopic (exact) mass is 309 g/mol. The Labute approximate surface area is 133 Å². The zero-order valence-corrected chi connectivity index (χ0v) is 12.3. The van der Waals surface area contributed by atoms with E-state index in [-0.39, 0.29) is 10.6 Å². The molecule has 3 rings (SSSR count). The van der Waals surface area contributed by atoms with E-state index in [2.05, 4.69) is 0 Å². The molecule has 0 aliphatic rings. The van der Waals surface area contributed by atoms with E-state index in [1.807, 2.05) is 42.5 Å². The average Bonchev–Trinajstić information content (AvgIpc) is 2.56. The second kappa shape index (κ2) is 6.00. The summed E-state index contributed by atoms with van der Waals surface area (Å²) in [5.41, 5.74) is 3.25. The summed E-state index contributed by atoms with van der Waals surface area (Å²) >= 11 is 6.27. The highest BCUT2D eigenvalue weighted by atomic mass is 35.5. The zero-order chi connectivity index (χ0) is 15.5. The molecule has 3 nitrogen and oxygen atoms in total. The van der Waals surface area contributed by atoms with Gasteiger partial charge in [-0.3, -0.25) is 10.1 Å². The summed E-state index contributed by atoms with van der Waals surface area (Å²) in [4.78, 5) is 10.8. The number of rotatable bonds is 3. The minimum atomic E-state index is -0.388. The molecule has 0 saturated carbocycles. The van der Waals surface area contributed by atoms with E-state index in [0.717, 1.165) is 11.1 Å². The van der Waals surface area contributed by atoms with E-state index < -0.39 is 0 Å². The van der Waals surface area contributed by atoms with Gasteiger partial charge in [0.15, 0.2) is 0 Å². The maximum absolute atomic E-state index is 11.2. The SMILES string of the molecule is O=[N+]([O-])c1ccccc1-c1cc(-c2ccccc2)ccc1Cl. The minimum Gasteiger partial charge on any atom is -0.258 e. The van der Waals surface area contributed by atoms with Crippen LogP contribution in [-0.2, 0) is 0 Å². The molecule has 0 heterocycles. The first kappa shape index (κ1) is 14.3. The van der Waals surface area contributed by atoms with Gasteiger partial charge in [0.05, 0.1) is 10.5 Å². The van der Waals surface area contributed by atoms with Gasteiger partial charge in [-0.2, -0.15) is 0 Å². The Bertz CT molecular complexity index is 832. The van der Waals surface area contributed by atoms with Crippen molar-refractivity contribution in [3.63, 3.8) is 0 Å². The van der Waals surface area contributed by atoms with E-state index in [0.29, 0.717) is 16.1 Å². The molecule has 108 valence electrons. The van der Waals surface area contributed by atoms with E-state index in [1.165, 1.54) is 6.07 Å². The van der Waals surface area contributed by atoms with Crippen LogP contribution in [0.25, 0.3) is 22.3 Å². The van der Waals surface area contributed by atoms with Gasteiger partial charge in [0.2, 0.25) is 0 Å². The first-order valence-electron chi connectivity index (χ1n) is 6.75. The normalized spacial score (nSPS) is 10.4. The van der Waals surface area contributed by atoms with Crippen LogP contribution in [0, 0.1) is 10.1 Å². The molecule has 0 bridgehead atoms. The third-order valence-corrected chi connectivity index (χ3v) is 3.79. The number of nitro benzene ring substituents is 1. The quantitative estimate of drug-likeness (QED) is 0.468. The predicted octanol–water partition coefficient (Wildman–Crippen LogP) is 5.58. The van der Waals surface area contributed by atoms with Crippen molar-refractivity contribution in [3.05, 3.63) is 87.9 Å². The van der Waals surface area contributed by atoms with Crippen molar-refractivity contribution in [2.45, 2.75) is 0 Å². The van der Waals surface area contributed by atoms with Crippen LogP contribution in [0.2, 0.25) is 5.02 Å². The number of para-hydroxylation sites is 1. The molecular formula is C18H12ClNO2. The largest absolute Gasteiger partial charge is 0.277 e. The predicted molar refractivity (Wildman–Crippen MR) is 89.0 cm³/mol. The summed E-state index contributed by atoms with van der Waals surface area (Å²) < 4.78 is 0. The van der Waals surface area contributed by atoms with Crippen LogP contribution in [0.4, 0.5) is 5.69 Å². The molecule has 0 amide bonds. The van der Waals surface area contributed by atoms with Gasteiger partial charge in [-0.25, -0.2) is 0 Å². The number of benzene rings is 3. The molecule has 0 unspecified atom stereocenters. The fourth-order valence-electron chi connectivity index (χ4n) is 2.40. The van der Waals surface area contributed by atoms with Crippen LogP contribution in [-0.4, -0.2) is 4.92 Å². The van der Waals surface area contributed by atoms with Crippen molar-refractivity contribution in [3.8, 4) is 22.3 Å². The maximum atomic E-state index is 11.2. The van der Waals surface area contributed by atoms with Crippen molar-refractivity contribution < 1.29 is 4.92 Å². The summed E-state index contributed by atoms with van der Waals surface area (Å²) in [6.45, 7) is 0. The Hall–Kier alpha value is -2.65. The van der Waals surface area contributed by atoms with Crippen molar-refractivity contribution >= 4 is 17.3 Å². The third-order valence-electron chi connectivity index (χ3n) is 3.46. The Morgan fingerprint density at radius 3 is 2.18 bits per heavy atom. The molecule has 0 saturated heterocycles. The fraction of sp³-hybridized carbons (Fsp3) is 0. The standard InChI is InChI=1S/C18H12ClNO2/c19-17-11-10-14(13-6-2-1-3-7-13)12-16(17)15-8-4-5-9-18(15)20(21)22/h1-12H. The first-order chi connectivity index (χ1) is 10.7. The third kappa shape index (κ3) is 2.71. The lowest BCUT2D eigenvalue weighted by molar-refractivity contribution is -0.384. The van der Waals surface area contributed by atoms with Gasteiger partial charge >= 0.3 is 0 Å². The Balaban J connectivity index is 2.18. The summed E-state index contributed by atoms with van der Waals surface area (Å²) in [5.74, 6) is 0. The molecule has 0 aliphatic carbocycles. The smallest absolute Gasteiger partial charge is 0.258 e. The molecule has 22 heavy (non-hydrogen) atoms. The van der Waals surface area contributed by atoms with Gasteiger partial charge in [0.1, 0.15) is 0 Å². The summed E-state index contributed by atoms with van der Waals surface area (Å²) in [6, 6.07) is 22.0. The molecule has 0 spiro atoms. The van der Waals surface area contributed by atoms with Crippen molar-refractivity contribution in [2.24, 2.45) is 0 Å². The van der Waals surface area contributed by atoms with Gasteiger partial charge in [0, 0.05) is 16.7 Å². The highest BCUT2D eigenvalue weighted by Crippen LogP contribution is 2.37. The van der Waals surface area contributed by atoms with E-state index >= 15 is 0 Å². The van der Waals surface area contributed by atoms with Gasteiger partial charge in [0.25, 0.3) is 5.69 Å². The fourth-order valence-corrected chi connectivity index (χ4v) is 2.62. The summed E-state index contributed by atoms with van der Waals surface area (Å²) in [5, 5.41) is 11.7. The lowest BCUT2D eigenvalue weighted by Crippen LogP contribution is -1.92. The van der Waals surface area contributed by atoms with E-state index in [1.54, 1.807) is 24.3 Å². The molecule has 3 aromatic rings. The first-order valence-corrected chi connectivity index (χ1v) is 7.13. The molecule has 0 fully saturated rings. The van der Waals surface area contributed by atoms with Crippen LogP contribution >= 0.6 is 11.6 Å². The highest BCUT2D eigenvalue weighted by molar-refractivity contribution is 6.33.